The molecule has 0 aliphatic carbocycles. The van der Waals surface area contributed by atoms with E-state index >= 15 is 0 Å². The molecule has 0 radical (unpaired) electrons. The van der Waals surface area contributed by atoms with Crippen molar-refractivity contribution in [3.05, 3.63) is 48.2 Å². The van der Waals surface area contributed by atoms with Crippen molar-refractivity contribution in [3.63, 3.8) is 0 Å². The highest BCUT2D eigenvalue weighted by atomic mass is 15.4. The van der Waals surface area contributed by atoms with Crippen molar-refractivity contribution in [1.82, 2.24) is 9.78 Å². The minimum Gasteiger partial charge on any atom is -0.362 e. The average Bonchev–Trinajstić information content (AvgIpc) is 2.78. The summed E-state index contributed by atoms with van der Waals surface area (Å²) in [6, 6.07) is 12.8. The van der Waals surface area contributed by atoms with Crippen molar-refractivity contribution in [2.45, 2.75) is 12.6 Å². The molecule has 0 saturated carbocycles. The van der Waals surface area contributed by atoms with Gasteiger partial charge in [-0.3, -0.25) is 0 Å². The maximum atomic E-state index is 4.23. The SMILES string of the molecule is c1ccc(C2Cn3nccc3N2)cc1. The molecule has 2 heterocycles. The van der Waals surface area contributed by atoms with E-state index in [1.165, 1.54) is 5.56 Å². The first kappa shape index (κ1) is 7.62. The van der Waals surface area contributed by atoms with Crippen molar-refractivity contribution < 1.29 is 0 Å². The van der Waals surface area contributed by atoms with Gasteiger partial charge < -0.3 is 5.32 Å². The monoisotopic (exact) mass is 185 g/mol. The molecule has 1 atom stereocenters. The van der Waals surface area contributed by atoms with E-state index in [0.717, 1.165) is 12.4 Å². The zero-order valence-electron chi connectivity index (χ0n) is 7.72. The van der Waals surface area contributed by atoms with E-state index in [1.807, 2.05) is 23.0 Å². The standard InChI is InChI=1S/C11H11N3/c1-2-4-9(5-3-1)10-8-14-11(13-10)6-7-12-14/h1-7,10,13H,8H2. The van der Waals surface area contributed by atoms with Crippen LogP contribution >= 0.6 is 0 Å². The fourth-order valence-corrected chi connectivity index (χ4v) is 1.87. The summed E-state index contributed by atoms with van der Waals surface area (Å²) in [6.07, 6.45) is 1.82. The third-order valence-electron chi connectivity index (χ3n) is 2.60. The van der Waals surface area contributed by atoms with Gasteiger partial charge in [0, 0.05) is 6.07 Å². The van der Waals surface area contributed by atoms with Crippen LogP contribution in [0.2, 0.25) is 0 Å². The van der Waals surface area contributed by atoms with Crippen molar-refractivity contribution in [2.24, 2.45) is 0 Å². The van der Waals surface area contributed by atoms with Crippen LogP contribution in [0.5, 0.6) is 0 Å². The van der Waals surface area contributed by atoms with E-state index in [9.17, 15) is 0 Å². The zero-order chi connectivity index (χ0) is 9.38. The van der Waals surface area contributed by atoms with Crippen LogP contribution in [-0.2, 0) is 6.54 Å². The third kappa shape index (κ3) is 1.09. The molecule has 0 bridgehead atoms. The second kappa shape index (κ2) is 2.87. The minimum atomic E-state index is 0.375. The predicted octanol–water partition coefficient (Wildman–Crippen LogP) is 2.05. The maximum absolute atomic E-state index is 4.23. The summed E-state index contributed by atoms with van der Waals surface area (Å²) >= 11 is 0. The number of rotatable bonds is 1. The molecule has 14 heavy (non-hydrogen) atoms. The highest BCUT2D eigenvalue weighted by Crippen LogP contribution is 2.27. The molecule has 3 heteroatoms. The maximum Gasteiger partial charge on any atom is 0.124 e. The molecule has 3 nitrogen and oxygen atoms in total. The number of anilines is 1. The summed E-state index contributed by atoms with van der Waals surface area (Å²) in [6.45, 7) is 0.923. The Morgan fingerprint density at radius 2 is 2.07 bits per heavy atom. The highest BCUT2D eigenvalue weighted by Gasteiger charge is 2.21. The van der Waals surface area contributed by atoms with Gasteiger partial charge in [0.15, 0.2) is 0 Å². The first-order valence-corrected chi connectivity index (χ1v) is 4.77. The van der Waals surface area contributed by atoms with Crippen LogP contribution in [0, 0.1) is 0 Å². The van der Waals surface area contributed by atoms with Crippen LogP contribution < -0.4 is 5.32 Å². The predicted molar refractivity (Wildman–Crippen MR) is 55.0 cm³/mol. The number of nitrogens with one attached hydrogen (secondary N) is 1. The van der Waals surface area contributed by atoms with Gasteiger partial charge in [0.2, 0.25) is 0 Å². The number of hydrogen-bond acceptors (Lipinski definition) is 2. The lowest BCUT2D eigenvalue weighted by atomic mass is 10.1. The Labute approximate surface area is 82.4 Å². The van der Waals surface area contributed by atoms with E-state index in [4.69, 9.17) is 0 Å². The molecular formula is C11H11N3. The van der Waals surface area contributed by atoms with E-state index in [0.29, 0.717) is 6.04 Å². The van der Waals surface area contributed by atoms with Gasteiger partial charge in [-0.15, -0.1) is 0 Å². The fourth-order valence-electron chi connectivity index (χ4n) is 1.87. The second-order valence-electron chi connectivity index (χ2n) is 3.51. The Balaban J connectivity index is 1.89. The van der Waals surface area contributed by atoms with E-state index in [2.05, 4.69) is 34.7 Å². The molecule has 1 unspecified atom stereocenters. The van der Waals surface area contributed by atoms with Crippen LogP contribution in [0.4, 0.5) is 5.82 Å². The Hall–Kier alpha value is -1.77. The molecule has 0 fully saturated rings. The lowest BCUT2D eigenvalue weighted by Gasteiger charge is -2.09. The largest absolute Gasteiger partial charge is 0.362 e. The number of aromatic nitrogens is 2. The number of nitrogens with zero attached hydrogens (tertiary/aromatic N) is 2. The molecule has 0 spiro atoms. The molecule has 1 N–H and O–H groups in total. The first-order valence-electron chi connectivity index (χ1n) is 4.77. The number of benzene rings is 1. The summed E-state index contributed by atoms with van der Waals surface area (Å²) < 4.78 is 2.00. The molecular weight excluding hydrogens is 174 g/mol. The van der Waals surface area contributed by atoms with Gasteiger partial charge in [-0.05, 0) is 5.56 Å². The fraction of sp³-hybridized carbons (Fsp3) is 0.182. The summed E-state index contributed by atoms with van der Waals surface area (Å²) in [5.41, 5.74) is 1.32. The highest BCUT2D eigenvalue weighted by molar-refractivity contribution is 5.42. The van der Waals surface area contributed by atoms with E-state index in [-0.39, 0.29) is 0 Å². The normalized spacial score (nSPS) is 19.0. The Morgan fingerprint density at radius 1 is 1.21 bits per heavy atom. The molecule has 1 aromatic heterocycles. The van der Waals surface area contributed by atoms with Gasteiger partial charge in [-0.2, -0.15) is 5.10 Å². The molecule has 3 rings (SSSR count). The van der Waals surface area contributed by atoms with Crippen molar-refractivity contribution >= 4 is 5.82 Å². The number of fused-ring (bicyclic) bond motifs is 1. The van der Waals surface area contributed by atoms with Gasteiger partial charge in [0.25, 0.3) is 0 Å². The quantitative estimate of drug-likeness (QED) is 0.736. The molecule has 0 amide bonds. The van der Waals surface area contributed by atoms with E-state index < -0.39 is 0 Å². The van der Waals surface area contributed by atoms with E-state index in [1.54, 1.807) is 0 Å². The van der Waals surface area contributed by atoms with Crippen LogP contribution in [0.1, 0.15) is 11.6 Å². The molecule has 1 aromatic carbocycles. The zero-order valence-corrected chi connectivity index (χ0v) is 7.72. The van der Waals surface area contributed by atoms with Gasteiger partial charge in [0.1, 0.15) is 5.82 Å². The minimum absolute atomic E-state index is 0.375. The summed E-state index contributed by atoms with van der Waals surface area (Å²) in [5, 5.41) is 7.66. The molecule has 1 aliphatic heterocycles. The topological polar surface area (TPSA) is 29.9 Å². The van der Waals surface area contributed by atoms with Crippen molar-refractivity contribution in [3.8, 4) is 0 Å². The summed E-state index contributed by atoms with van der Waals surface area (Å²) in [5.74, 6) is 1.11. The van der Waals surface area contributed by atoms with Crippen LogP contribution in [0.25, 0.3) is 0 Å². The van der Waals surface area contributed by atoms with Gasteiger partial charge in [-0.1, -0.05) is 30.3 Å². The second-order valence-corrected chi connectivity index (χ2v) is 3.51. The molecule has 70 valence electrons. The lowest BCUT2D eigenvalue weighted by Crippen LogP contribution is -2.06. The van der Waals surface area contributed by atoms with Crippen molar-refractivity contribution in [2.75, 3.05) is 5.32 Å². The van der Waals surface area contributed by atoms with Gasteiger partial charge >= 0.3 is 0 Å². The summed E-state index contributed by atoms with van der Waals surface area (Å²) in [4.78, 5) is 0. The Kier molecular flexibility index (Phi) is 1.56. The van der Waals surface area contributed by atoms with Crippen LogP contribution in [0.15, 0.2) is 42.6 Å². The number of hydrogen-bond donors (Lipinski definition) is 1. The lowest BCUT2D eigenvalue weighted by molar-refractivity contribution is 0.617. The average molecular weight is 185 g/mol. The molecule has 0 saturated heterocycles. The Morgan fingerprint density at radius 3 is 2.86 bits per heavy atom. The third-order valence-corrected chi connectivity index (χ3v) is 2.60. The molecule has 1 aliphatic rings. The van der Waals surface area contributed by atoms with Gasteiger partial charge in [0.05, 0.1) is 18.8 Å². The molecule has 2 aromatic rings. The summed E-state index contributed by atoms with van der Waals surface area (Å²) in [7, 11) is 0. The van der Waals surface area contributed by atoms with Crippen LogP contribution in [-0.4, -0.2) is 9.78 Å². The van der Waals surface area contributed by atoms with Crippen LogP contribution in [0.3, 0.4) is 0 Å². The Bertz CT molecular complexity index is 412. The van der Waals surface area contributed by atoms with Crippen molar-refractivity contribution in [1.29, 1.82) is 0 Å². The first-order chi connectivity index (χ1) is 6.93. The smallest absolute Gasteiger partial charge is 0.124 e. The van der Waals surface area contributed by atoms with Gasteiger partial charge in [-0.25, -0.2) is 4.68 Å².